The van der Waals surface area contributed by atoms with Gasteiger partial charge in [-0.3, -0.25) is 0 Å². The number of nitrogens with zero attached hydrogens (tertiary/aromatic N) is 1. The SMILES string of the molecule is COc1ccc(Br)cc1-c1[nH]c(=S)nc2c1CCCCN2. The Kier molecular flexibility index (Phi) is 4.26. The highest BCUT2D eigenvalue weighted by molar-refractivity contribution is 9.10. The number of ether oxygens (including phenoxy) is 1. The van der Waals surface area contributed by atoms with Crippen LogP contribution in [0.4, 0.5) is 5.82 Å². The van der Waals surface area contributed by atoms with Gasteiger partial charge >= 0.3 is 0 Å². The van der Waals surface area contributed by atoms with Gasteiger partial charge in [-0.25, -0.2) is 4.98 Å². The number of hydrogen-bond acceptors (Lipinski definition) is 4. The highest BCUT2D eigenvalue weighted by Crippen LogP contribution is 2.36. The minimum atomic E-state index is 0.486. The molecule has 0 amide bonds. The average molecular weight is 366 g/mol. The van der Waals surface area contributed by atoms with E-state index in [2.05, 4.69) is 31.2 Å². The van der Waals surface area contributed by atoms with Crippen LogP contribution >= 0.6 is 28.1 Å². The van der Waals surface area contributed by atoms with Crippen LogP contribution in [0, 0.1) is 4.77 Å². The van der Waals surface area contributed by atoms with Crippen molar-refractivity contribution < 1.29 is 4.74 Å². The lowest BCUT2D eigenvalue weighted by molar-refractivity contribution is 0.416. The number of rotatable bonds is 2. The molecule has 0 bridgehead atoms. The second kappa shape index (κ2) is 6.15. The lowest BCUT2D eigenvalue weighted by Crippen LogP contribution is -2.05. The zero-order chi connectivity index (χ0) is 14.8. The maximum atomic E-state index is 5.50. The number of aromatic nitrogens is 2. The van der Waals surface area contributed by atoms with Crippen LogP contribution in [0.25, 0.3) is 11.3 Å². The number of methoxy groups -OCH3 is 1. The lowest BCUT2D eigenvalue weighted by Gasteiger charge is -2.15. The first-order valence-electron chi connectivity index (χ1n) is 6.90. The Morgan fingerprint density at radius 1 is 1.33 bits per heavy atom. The summed E-state index contributed by atoms with van der Waals surface area (Å²) < 4.78 is 6.99. The van der Waals surface area contributed by atoms with Gasteiger partial charge in [0, 0.05) is 22.1 Å². The number of fused-ring (bicyclic) bond motifs is 1. The molecule has 2 aromatic rings. The molecule has 1 aliphatic heterocycles. The molecular weight excluding hydrogens is 350 g/mol. The van der Waals surface area contributed by atoms with Crippen LogP contribution in [0.5, 0.6) is 5.75 Å². The largest absolute Gasteiger partial charge is 0.496 e. The zero-order valence-electron chi connectivity index (χ0n) is 11.7. The molecule has 0 radical (unpaired) electrons. The van der Waals surface area contributed by atoms with Gasteiger partial charge in [0.25, 0.3) is 0 Å². The van der Waals surface area contributed by atoms with Gasteiger partial charge in [-0.2, -0.15) is 0 Å². The Morgan fingerprint density at radius 2 is 2.19 bits per heavy atom. The molecule has 4 nitrogen and oxygen atoms in total. The fraction of sp³-hybridized carbons (Fsp3) is 0.333. The van der Waals surface area contributed by atoms with Crippen LogP contribution in [-0.2, 0) is 6.42 Å². The van der Waals surface area contributed by atoms with E-state index in [1.807, 2.05) is 18.2 Å². The predicted octanol–water partition coefficient (Wildman–Crippen LogP) is 4.33. The minimum absolute atomic E-state index is 0.486. The summed E-state index contributed by atoms with van der Waals surface area (Å²) in [6.45, 7) is 0.938. The van der Waals surface area contributed by atoms with Crippen LogP contribution in [-0.4, -0.2) is 23.6 Å². The summed E-state index contributed by atoms with van der Waals surface area (Å²) in [4.78, 5) is 7.68. The Hall–Kier alpha value is -1.40. The molecule has 0 atom stereocenters. The third kappa shape index (κ3) is 2.96. The number of benzene rings is 1. The van der Waals surface area contributed by atoms with E-state index in [0.29, 0.717) is 4.77 Å². The molecule has 0 unspecified atom stereocenters. The molecule has 110 valence electrons. The number of nitrogens with one attached hydrogen (secondary N) is 2. The van der Waals surface area contributed by atoms with Crippen LogP contribution in [0.1, 0.15) is 18.4 Å². The van der Waals surface area contributed by atoms with E-state index in [1.54, 1.807) is 7.11 Å². The van der Waals surface area contributed by atoms with Gasteiger partial charge in [-0.1, -0.05) is 15.9 Å². The van der Waals surface area contributed by atoms with Crippen molar-refractivity contribution in [1.29, 1.82) is 0 Å². The van der Waals surface area contributed by atoms with E-state index in [9.17, 15) is 0 Å². The Morgan fingerprint density at radius 3 is 3.00 bits per heavy atom. The van der Waals surface area contributed by atoms with E-state index in [4.69, 9.17) is 17.0 Å². The molecule has 2 heterocycles. The van der Waals surface area contributed by atoms with Crippen molar-refractivity contribution in [2.45, 2.75) is 19.3 Å². The van der Waals surface area contributed by atoms with E-state index >= 15 is 0 Å². The molecule has 0 aliphatic carbocycles. The third-order valence-corrected chi connectivity index (χ3v) is 4.30. The maximum Gasteiger partial charge on any atom is 0.199 e. The molecule has 1 aromatic heterocycles. The third-order valence-electron chi connectivity index (χ3n) is 3.61. The lowest BCUT2D eigenvalue weighted by atomic mass is 10.0. The zero-order valence-corrected chi connectivity index (χ0v) is 14.1. The predicted molar refractivity (Wildman–Crippen MR) is 90.5 cm³/mol. The van der Waals surface area contributed by atoms with Crippen LogP contribution in [0.3, 0.4) is 0 Å². The molecule has 21 heavy (non-hydrogen) atoms. The first kappa shape index (κ1) is 14.5. The highest BCUT2D eigenvalue weighted by atomic mass is 79.9. The summed E-state index contributed by atoms with van der Waals surface area (Å²) in [6.07, 6.45) is 3.25. The summed E-state index contributed by atoms with van der Waals surface area (Å²) in [5, 5.41) is 3.38. The molecule has 0 spiro atoms. The minimum Gasteiger partial charge on any atom is -0.496 e. The van der Waals surface area contributed by atoms with Gasteiger partial charge in [0.15, 0.2) is 4.77 Å². The molecular formula is C15H16BrN3OS. The van der Waals surface area contributed by atoms with Gasteiger partial charge in [0.1, 0.15) is 11.6 Å². The number of H-pyrrole nitrogens is 1. The fourth-order valence-electron chi connectivity index (χ4n) is 2.63. The van der Waals surface area contributed by atoms with Crippen molar-refractivity contribution in [3.05, 3.63) is 33.0 Å². The Balaban J connectivity index is 2.25. The van der Waals surface area contributed by atoms with Gasteiger partial charge in [-0.05, 0) is 49.7 Å². The van der Waals surface area contributed by atoms with Crippen molar-refractivity contribution in [2.75, 3.05) is 19.0 Å². The first-order valence-corrected chi connectivity index (χ1v) is 8.10. The summed E-state index contributed by atoms with van der Waals surface area (Å²) in [5.74, 6) is 1.72. The molecule has 6 heteroatoms. The van der Waals surface area contributed by atoms with E-state index < -0.39 is 0 Å². The highest BCUT2D eigenvalue weighted by Gasteiger charge is 2.18. The van der Waals surface area contributed by atoms with Gasteiger partial charge in [-0.15, -0.1) is 0 Å². The number of hydrogen-bond donors (Lipinski definition) is 2. The van der Waals surface area contributed by atoms with Gasteiger partial charge < -0.3 is 15.0 Å². The van der Waals surface area contributed by atoms with Crippen molar-refractivity contribution >= 4 is 34.0 Å². The smallest absolute Gasteiger partial charge is 0.199 e. The van der Waals surface area contributed by atoms with E-state index in [0.717, 1.165) is 53.1 Å². The summed E-state index contributed by atoms with van der Waals surface area (Å²) in [5.41, 5.74) is 3.18. The quantitative estimate of drug-likeness (QED) is 0.777. The molecule has 1 aliphatic rings. The van der Waals surface area contributed by atoms with Crippen LogP contribution < -0.4 is 10.1 Å². The standard InChI is InChI=1S/C15H16BrN3OS/c1-20-12-6-5-9(16)8-11(12)13-10-4-2-3-7-17-14(10)19-15(21)18-13/h5-6,8H,2-4,7H2,1H3,(H2,17,18,19,21). The molecule has 3 rings (SSSR count). The van der Waals surface area contributed by atoms with Gasteiger partial charge in [0.05, 0.1) is 12.8 Å². The van der Waals surface area contributed by atoms with Crippen molar-refractivity contribution in [3.63, 3.8) is 0 Å². The molecule has 0 saturated carbocycles. The molecule has 2 N–H and O–H groups in total. The summed E-state index contributed by atoms with van der Waals surface area (Å²) in [6, 6.07) is 5.97. The monoisotopic (exact) mass is 365 g/mol. The van der Waals surface area contributed by atoms with Crippen molar-refractivity contribution in [2.24, 2.45) is 0 Å². The summed E-state index contributed by atoms with van der Waals surface area (Å²) >= 11 is 8.81. The van der Waals surface area contributed by atoms with Crippen LogP contribution in [0.2, 0.25) is 0 Å². The van der Waals surface area contributed by atoms with Crippen molar-refractivity contribution in [3.8, 4) is 17.0 Å². The van der Waals surface area contributed by atoms with E-state index in [-0.39, 0.29) is 0 Å². The molecule has 0 saturated heterocycles. The second-order valence-corrected chi connectivity index (χ2v) is 6.27. The summed E-state index contributed by atoms with van der Waals surface area (Å²) in [7, 11) is 1.68. The topological polar surface area (TPSA) is 49.9 Å². The van der Waals surface area contributed by atoms with Crippen LogP contribution in [0.15, 0.2) is 22.7 Å². The number of aromatic amines is 1. The van der Waals surface area contributed by atoms with Gasteiger partial charge in [0.2, 0.25) is 0 Å². The number of halogens is 1. The maximum absolute atomic E-state index is 5.50. The Labute approximate surface area is 137 Å². The molecule has 1 aromatic carbocycles. The first-order chi connectivity index (χ1) is 10.2. The van der Waals surface area contributed by atoms with Crippen molar-refractivity contribution in [1.82, 2.24) is 9.97 Å². The Bertz CT molecular complexity index is 729. The normalized spacial score (nSPS) is 14.0. The number of anilines is 1. The van der Waals surface area contributed by atoms with E-state index in [1.165, 1.54) is 5.56 Å². The molecule has 0 fully saturated rings. The fourth-order valence-corrected chi connectivity index (χ4v) is 3.18. The second-order valence-electron chi connectivity index (χ2n) is 4.97. The average Bonchev–Trinajstić information content (AvgIpc) is 2.71.